The van der Waals surface area contributed by atoms with Crippen LogP contribution < -0.4 is 11.3 Å². The zero-order chi connectivity index (χ0) is 44.9. The fourth-order valence-electron chi connectivity index (χ4n) is 8.78. The van der Waals surface area contributed by atoms with E-state index in [0.717, 1.165) is 12.5 Å². The van der Waals surface area contributed by atoms with E-state index < -0.39 is 110 Å². The van der Waals surface area contributed by atoms with Crippen LogP contribution >= 0.6 is 26.9 Å². The molecule has 4 fully saturated rings. The summed E-state index contributed by atoms with van der Waals surface area (Å²) in [5, 5.41) is -0.407. The number of phosphoric acid groups is 1. The van der Waals surface area contributed by atoms with Gasteiger partial charge in [0.05, 0.1) is 32.5 Å². The minimum absolute atomic E-state index is 0.0982. The number of hydrogen-bond acceptors (Lipinski definition) is 18. The molecule has 0 saturated carbocycles. The second-order valence-corrected chi connectivity index (χ2v) is 30.1. The van der Waals surface area contributed by atoms with Crippen molar-refractivity contribution in [1.82, 2.24) is 34.1 Å². The number of anilines is 1. The monoisotopic (exact) mass is 964 g/mol. The quantitative estimate of drug-likeness (QED) is 0.0816. The van der Waals surface area contributed by atoms with E-state index in [-0.39, 0.29) is 51.4 Å². The van der Waals surface area contributed by atoms with Crippen molar-refractivity contribution in [2.45, 2.75) is 126 Å². The number of ether oxygens (including phenoxy) is 3. The molecule has 0 spiro atoms. The summed E-state index contributed by atoms with van der Waals surface area (Å²) < 4.78 is 104. The number of H-pyrrole nitrogens is 1. The van der Waals surface area contributed by atoms with Gasteiger partial charge in [0.2, 0.25) is 0 Å². The van der Waals surface area contributed by atoms with Crippen LogP contribution in [0.1, 0.15) is 67.8 Å². The summed E-state index contributed by atoms with van der Waals surface area (Å²) in [5.74, 6) is -0.863. The number of nitrogens with zero attached hydrogens (tertiary/aromatic N) is 6. The third-order valence-electron chi connectivity index (χ3n) is 12.0. The molecule has 342 valence electrons. The van der Waals surface area contributed by atoms with Crippen LogP contribution in [-0.4, -0.2) is 117 Å². The molecule has 4 bridgehead atoms. The van der Waals surface area contributed by atoms with E-state index >= 15 is 4.39 Å². The van der Waals surface area contributed by atoms with Crippen molar-refractivity contribution in [1.29, 1.82) is 0 Å². The fourth-order valence-corrected chi connectivity index (χ4v) is 21.2. The number of aromatic amines is 1. The lowest BCUT2D eigenvalue weighted by molar-refractivity contribution is -0.183. The van der Waals surface area contributed by atoms with Gasteiger partial charge < -0.3 is 47.7 Å². The minimum Gasteiger partial charge on any atom is -0.414 e. The predicted molar refractivity (Wildman–Crippen MR) is 225 cm³/mol. The summed E-state index contributed by atoms with van der Waals surface area (Å²) in [4.78, 5) is 55.6. The van der Waals surface area contributed by atoms with Crippen LogP contribution in [0.2, 0.25) is 22.2 Å². The van der Waals surface area contributed by atoms with Gasteiger partial charge in [-0.05, 0) is 22.2 Å². The smallest absolute Gasteiger partial charge is 0.414 e. The van der Waals surface area contributed by atoms with E-state index in [9.17, 15) is 23.6 Å². The van der Waals surface area contributed by atoms with Crippen LogP contribution in [-0.2, 0) is 50.0 Å². The van der Waals surface area contributed by atoms with Crippen molar-refractivity contribution in [3.63, 3.8) is 0 Å². The molecule has 8 rings (SSSR count). The zero-order valence-electron chi connectivity index (χ0n) is 35.1. The number of rotatable bonds is 10. The normalized spacial score (nSPS) is 33.5. The van der Waals surface area contributed by atoms with E-state index in [2.05, 4.69) is 37.2 Å². The Hall–Kier alpha value is -2.50. The number of nitrogen functional groups attached to an aromatic ring is 1. The number of nitrogens with one attached hydrogen (secondary N) is 1. The lowest BCUT2D eigenvalue weighted by Crippen LogP contribution is -2.62. The van der Waals surface area contributed by atoms with E-state index in [1.807, 2.05) is 55.4 Å². The summed E-state index contributed by atoms with van der Waals surface area (Å²) in [5.41, 5.74) is 2.60. The molecule has 8 heterocycles. The first-order valence-corrected chi connectivity index (χ1v) is 28.2. The molecule has 28 heteroatoms. The molecule has 4 aliphatic heterocycles. The van der Waals surface area contributed by atoms with Crippen LogP contribution in [0.4, 0.5) is 10.2 Å². The predicted octanol–water partition coefficient (Wildman–Crippen LogP) is 4.72. The van der Waals surface area contributed by atoms with E-state index in [1.54, 1.807) is 0 Å². The van der Waals surface area contributed by atoms with E-state index in [0.29, 0.717) is 0 Å². The van der Waals surface area contributed by atoms with Crippen LogP contribution in [0.25, 0.3) is 22.2 Å². The van der Waals surface area contributed by atoms with E-state index in [1.165, 1.54) is 21.8 Å². The second kappa shape index (κ2) is 16.4. The van der Waals surface area contributed by atoms with Gasteiger partial charge in [-0.25, -0.2) is 33.5 Å². The van der Waals surface area contributed by atoms with Gasteiger partial charge >= 0.3 is 31.7 Å². The van der Waals surface area contributed by atoms with Gasteiger partial charge in [0.1, 0.15) is 53.4 Å². The van der Waals surface area contributed by atoms with Crippen LogP contribution in [0.15, 0.2) is 30.0 Å². The number of nitrogens with two attached hydrogens (primary N) is 1. The molecule has 4 aromatic rings. The minimum atomic E-state index is -5.12. The third kappa shape index (κ3) is 7.79. The van der Waals surface area contributed by atoms with Crippen LogP contribution in [0.5, 0.6) is 0 Å². The molecule has 0 aromatic carbocycles. The number of imidazole rings is 1. The summed E-state index contributed by atoms with van der Waals surface area (Å²) in [6.45, 7) is 8.81. The van der Waals surface area contributed by atoms with Crippen molar-refractivity contribution in [3.8, 4) is 0 Å². The molecular weight excluding hydrogens is 914 g/mol. The molecule has 4 aromatic heterocycles. The van der Waals surface area contributed by atoms with Crippen molar-refractivity contribution in [3.05, 3.63) is 41.3 Å². The van der Waals surface area contributed by atoms with Crippen molar-refractivity contribution >= 4 is 72.0 Å². The Morgan fingerprint density at radius 3 is 2.35 bits per heavy atom. The van der Waals surface area contributed by atoms with Gasteiger partial charge in [0, 0.05) is 6.20 Å². The standard InChI is InChI=1S/C34H51FN8O14P2SSi2/c1-16(2)61(48,17(3)4)57-62(18(5)6,19(7)8)56-24-21-10-50-58(45,46)55-27-26-33(43-15-41-23-28(36)37-13-39-30(23)43)53-34(27,11-49-26)12-51-59(47,60)54-25(24)32(52-21)42-9-20(35)22-29(42)38-14-40-31(22)44/h9,13-19,21,24-27,32-33,48H,10-12H2,1-8H3,(H,45,46)(H,47,60)(H2,36,37,39)(H,38,40,44)/t21-,24-,25-,26-,27+,32-,33-,34-,59?/m1/s1. The Bertz CT molecular complexity index is 2480. The highest BCUT2D eigenvalue weighted by atomic mass is 32.7. The molecule has 22 nitrogen and oxygen atoms in total. The molecule has 5 N–H and O–H groups in total. The zero-order valence-corrected chi connectivity index (χ0v) is 39.7. The summed E-state index contributed by atoms with van der Waals surface area (Å²) in [6, 6.07) is 0. The Kier molecular flexibility index (Phi) is 12.2. The third-order valence-corrected chi connectivity index (χ3v) is 24.4. The maximum absolute atomic E-state index is 15.6. The van der Waals surface area contributed by atoms with Crippen LogP contribution in [0.3, 0.4) is 0 Å². The highest BCUT2D eigenvalue weighted by molar-refractivity contribution is 8.44. The number of thiol groups is 1. The Morgan fingerprint density at radius 1 is 0.968 bits per heavy atom. The SMILES string of the molecule is CC(C)[Si](O)(O[Si](O[C@H]1[C@H]2OP(=O)(S)OC[C@@]34CO[C@@H]([C@H](n5cnc6c(N)ncnc65)O3)[C@@H]4OP(=O)(O)OC[C@H]1O[C@H]2n1cc(F)c2c(=O)[nH]cnc21)(C(C)C)C(C)C)C(C)C. The summed E-state index contributed by atoms with van der Waals surface area (Å²) in [6.07, 6.45) is -4.77. The summed E-state index contributed by atoms with van der Waals surface area (Å²) in [7, 11) is -12.5. The first kappa shape index (κ1) is 46.0. The van der Waals surface area contributed by atoms with Gasteiger partial charge in [-0.1, -0.05) is 67.6 Å². The number of halogens is 1. The van der Waals surface area contributed by atoms with Gasteiger partial charge in [0.15, 0.2) is 35.4 Å². The molecule has 10 atom stereocenters. The van der Waals surface area contributed by atoms with E-state index in [4.69, 9.17) is 46.6 Å². The number of hydrogen-bond donors (Lipinski definition) is 5. The average Bonchev–Trinajstić information content (AvgIpc) is 4.00. The van der Waals surface area contributed by atoms with Gasteiger partial charge in [0.25, 0.3) is 5.56 Å². The maximum atomic E-state index is 15.6. The highest BCUT2D eigenvalue weighted by Gasteiger charge is 2.67. The van der Waals surface area contributed by atoms with Crippen LogP contribution in [0, 0.1) is 5.82 Å². The molecule has 62 heavy (non-hydrogen) atoms. The lowest BCUT2D eigenvalue weighted by Gasteiger charge is -2.47. The largest absolute Gasteiger partial charge is 0.472 e. The fraction of sp³-hybridized carbons (Fsp3) is 0.676. The van der Waals surface area contributed by atoms with Crippen molar-refractivity contribution in [2.75, 3.05) is 25.6 Å². The van der Waals surface area contributed by atoms with Gasteiger partial charge in [-0.15, -0.1) is 0 Å². The molecule has 0 radical (unpaired) electrons. The Labute approximate surface area is 362 Å². The average molecular weight is 965 g/mol. The van der Waals surface area contributed by atoms with Gasteiger partial charge in [-0.3, -0.25) is 27.5 Å². The number of fused-ring (bicyclic) bond motifs is 4. The number of phosphoric ester groups is 1. The topological polar surface area (TPSA) is 278 Å². The van der Waals surface area contributed by atoms with Gasteiger partial charge in [-0.2, -0.15) is 0 Å². The summed E-state index contributed by atoms with van der Waals surface area (Å²) >= 11 is 4.41. The molecule has 0 aliphatic carbocycles. The first-order chi connectivity index (χ1) is 29.0. The molecule has 4 aliphatic rings. The molecular formula is C34H51FN8O14P2SSi2. The maximum Gasteiger partial charge on any atom is 0.472 e. The second-order valence-electron chi connectivity index (χ2n) is 17.2. The lowest BCUT2D eigenvalue weighted by atomic mass is 10.0. The molecule has 2 unspecified atom stereocenters. The Balaban J connectivity index is 1.22. The van der Waals surface area contributed by atoms with Crippen molar-refractivity contribution in [2.24, 2.45) is 0 Å². The van der Waals surface area contributed by atoms with Crippen molar-refractivity contribution < 1.29 is 64.1 Å². The molecule has 4 saturated heterocycles. The molecule has 0 amide bonds. The number of aromatic nitrogens is 7. The highest BCUT2D eigenvalue weighted by Crippen LogP contribution is 2.62. The Morgan fingerprint density at radius 2 is 1.68 bits per heavy atom. The first-order valence-electron chi connectivity index (χ1n) is 20.1.